The molecule has 4 aliphatic carbocycles. The molecular weight excluding hydrogens is 359 g/mol. The van der Waals surface area contributed by atoms with Gasteiger partial charge in [-0.15, -0.1) is 0 Å². The van der Waals surface area contributed by atoms with Gasteiger partial charge in [-0.2, -0.15) is 0 Å². The SMILES string of the molecule is CC(NC(=S)Nc1cc(Cl)ccc1Cl)C12CC3CC(CC(C3)C1)C2. The Morgan fingerprint density at radius 2 is 1.71 bits per heavy atom. The highest BCUT2D eigenvalue weighted by molar-refractivity contribution is 7.80. The van der Waals surface area contributed by atoms with Crippen molar-refractivity contribution in [3.63, 3.8) is 0 Å². The van der Waals surface area contributed by atoms with E-state index in [4.69, 9.17) is 35.4 Å². The Kier molecular flexibility index (Phi) is 4.47. The second kappa shape index (κ2) is 6.34. The lowest BCUT2D eigenvalue weighted by Gasteiger charge is -2.59. The van der Waals surface area contributed by atoms with Gasteiger partial charge in [0.05, 0.1) is 10.7 Å². The van der Waals surface area contributed by atoms with E-state index < -0.39 is 0 Å². The zero-order valence-electron chi connectivity index (χ0n) is 13.9. The molecule has 0 aliphatic heterocycles. The molecule has 1 atom stereocenters. The van der Waals surface area contributed by atoms with Crippen LogP contribution in [0.4, 0.5) is 5.69 Å². The smallest absolute Gasteiger partial charge is 0.171 e. The van der Waals surface area contributed by atoms with Crippen molar-refractivity contribution in [2.45, 2.75) is 51.5 Å². The van der Waals surface area contributed by atoms with Crippen LogP contribution < -0.4 is 10.6 Å². The molecule has 4 fully saturated rings. The van der Waals surface area contributed by atoms with Gasteiger partial charge in [0.15, 0.2) is 5.11 Å². The summed E-state index contributed by atoms with van der Waals surface area (Å²) in [5.41, 5.74) is 1.19. The van der Waals surface area contributed by atoms with Gasteiger partial charge in [0.2, 0.25) is 0 Å². The van der Waals surface area contributed by atoms with Crippen LogP contribution in [0.2, 0.25) is 10.0 Å². The van der Waals surface area contributed by atoms with Crippen LogP contribution in [0.5, 0.6) is 0 Å². The minimum atomic E-state index is 0.392. The highest BCUT2D eigenvalue weighted by Gasteiger charge is 2.53. The molecule has 4 bridgehead atoms. The first-order chi connectivity index (χ1) is 11.4. The number of rotatable bonds is 3. The zero-order chi connectivity index (χ0) is 16.9. The van der Waals surface area contributed by atoms with Gasteiger partial charge < -0.3 is 10.6 Å². The van der Waals surface area contributed by atoms with Gasteiger partial charge in [-0.3, -0.25) is 0 Å². The fourth-order valence-corrected chi connectivity index (χ4v) is 6.43. The summed E-state index contributed by atoms with van der Waals surface area (Å²) >= 11 is 17.8. The van der Waals surface area contributed by atoms with Crippen molar-refractivity contribution >= 4 is 46.2 Å². The Bertz CT molecular complexity index is 625. The molecule has 0 heterocycles. The van der Waals surface area contributed by atoms with Crippen molar-refractivity contribution in [3.8, 4) is 0 Å². The van der Waals surface area contributed by atoms with Gasteiger partial charge in [-0.05, 0) is 99.0 Å². The fraction of sp³-hybridized carbons (Fsp3) is 0.632. The maximum Gasteiger partial charge on any atom is 0.171 e. The normalized spacial score (nSPS) is 34.9. The van der Waals surface area contributed by atoms with E-state index in [0.29, 0.717) is 26.6 Å². The van der Waals surface area contributed by atoms with Crippen molar-refractivity contribution in [1.29, 1.82) is 0 Å². The molecule has 4 aliphatic rings. The van der Waals surface area contributed by atoms with E-state index in [1.54, 1.807) is 12.1 Å². The molecule has 0 amide bonds. The molecular formula is C19H24Cl2N2S. The first kappa shape index (κ1) is 16.9. The average molecular weight is 383 g/mol. The van der Waals surface area contributed by atoms with Crippen LogP contribution in [0, 0.1) is 23.2 Å². The number of hydrogen-bond donors (Lipinski definition) is 2. The summed E-state index contributed by atoms with van der Waals surface area (Å²) in [7, 11) is 0. The van der Waals surface area contributed by atoms with E-state index in [-0.39, 0.29) is 0 Å². The monoisotopic (exact) mass is 382 g/mol. The summed E-state index contributed by atoms with van der Waals surface area (Å²) in [5, 5.41) is 8.69. The maximum absolute atomic E-state index is 6.22. The van der Waals surface area contributed by atoms with Crippen LogP contribution in [-0.4, -0.2) is 11.2 Å². The van der Waals surface area contributed by atoms with Crippen molar-refractivity contribution in [3.05, 3.63) is 28.2 Å². The summed E-state index contributed by atoms with van der Waals surface area (Å²) in [5.74, 6) is 2.85. The van der Waals surface area contributed by atoms with Gasteiger partial charge in [-0.25, -0.2) is 0 Å². The van der Waals surface area contributed by atoms with E-state index in [1.807, 2.05) is 6.07 Å². The molecule has 5 heteroatoms. The van der Waals surface area contributed by atoms with E-state index in [1.165, 1.54) is 38.5 Å². The van der Waals surface area contributed by atoms with Crippen LogP contribution in [0.1, 0.15) is 45.4 Å². The molecule has 1 aromatic rings. The lowest BCUT2D eigenvalue weighted by Crippen LogP contribution is -2.56. The first-order valence-electron chi connectivity index (χ1n) is 8.96. The van der Waals surface area contributed by atoms with Gasteiger partial charge in [0, 0.05) is 11.1 Å². The van der Waals surface area contributed by atoms with Crippen molar-refractivity contribution in [1.82, 2.24) is 5.32 Å². The Labute approximate surface area is 159 Å². The minimum Gasteiger partial charge on any atom is -0.359 e. The molecule has 0 spiro atoms. The molecule has 0 radical (unpaired) electrons. The van der Waals surface area contributed by atoms with Crippen molar-refractivity contribution < 1.29 is 0 Å². The average Bonchev–Trinajstić information content (AvgIpc) is 2.49. The third kappa shape index (κ3) is 3.15. The number of thiocarbonyl (C=S) groups is 1. The second-order valence-electron chi connectivity index (χ2n) is 8.22. The lowest BCUT2D eigenvalue weighted by atomic mass is 9.48. The lowest BCUT2D eigenvalue weighted by molar-refractivity contribution is -0.0671. The topological polar surface area (TPSA) is 24.1 Å². The number of halogens is 2. The van der Waals surface area contributed by atoms with Crippen LogP contribution in [0.25, 0.3) is 0 Å². The molecule has 1 unspecified atom stereocenters. The third-order valence-corrected chi connectivity index (χ3v) is 7.31. The Morgan fingerprint density at radius 3 is 2.29 bits per heavy atom. The summed E-state index contributed by atoms with van der Waals surface area (Å²) < 4.78 is 0. The molecule has 4 saturated carbocycles. The molecule has 2 nitrogen and oxygen atoms in total. The van der Waals surface area contributed by atoms with Crippen LogP contribution >= 0.6 is 35.4 Å². The van der Waals surface area contributed by atoms with Crippen molar-refractivity contribution in [2.24, 2.45) is 23.2 Å². The number of hydrogen-bond acceptors (Lipinski definition) is 1. The molecule has 5 rings (SSSR count). The molecule has 24 heavy (non-hydrogen) atoms. The maximum atomic E-state index is 6.22. The van der Waals surface area contributed by atoms with Crippen LogP contribution in [-0.2, 0) is 0 Å². The van der Waals surface area contributed by atoms with Crippen LogP contribution in [0.3, 0.4) is 0 Å². The standard InChI is InChI=1S/C19H24Cl2N2S/c1-11(19-8-12-4-13(9-19)6-14(5-12)10-19)22-18(24)23-17-7-15(20)2-3-16(17)21/h2-3,7,11-14H,4-6,8-10H2,1H3,(H2,22,23,24). The Balaban J connectivity index is 1.43. The summed E-state index contributed by atoms with van der Waals surface area (Å²) in [6, 6.07) is 5.78. The quantitative estimate of drug-likeness (QED) is 0.637. The molecule has 1 aromatic carbocycles. The van der Waals surface area contributed by atoms with Crippen molar-refractivity contribution in [2.75, 3.05) is 5.32 Å². The van der Waals surface area contributed by atoms with Gasteiger partial charge in [0.25, 0.3) is 0 Å². The number of anilines is 1. The van der Waals surface area contributed by atoms with E-state index in [9.17, 15) is 0 Å². The van der Waals surface area contributed by atoms with Crippen LogP contribution in [0.15, 0.2) is 18.2 Å². The Morgan fingerprint density at radius 1 is 1.12 bits per heavy atom. The highest BCUT2D eigenvalue weighted by Crippen LogP contribution is 2.61. The Hall–Kier alpha value is -0.510. The van der Waals surface area contributed by atoms with E-state index in [0.717, 1.165) is 23.4 Å². The number of nitrogens with one attached hydrogen (secondary N) is 2. The van der Waals surface area contributed by atoms with Gasteiger partial charge in [-0.1, -0.05) is 23.2 Å². The summed E-state index contributed by atoms with van der Waals surface area (Å²) in [6.45, 7) is 2.31. The molecule has 0 saturated heterocycles. The summed E-state index contributed by atoms with van der Waals surface area (Å²) in [4.78, 5) is 0. The third-order valence-electron chi connectivity index (χ3n) is 6.53. The van der Waals surface area contributed by atoms with Gasteiger partial charge >= 0.3 is 0 Å². The second-order valence-corrected chi connectivity index (χ2v) is 9.48. The van der Waals surface area contributed by atoms with E-state index in [2.05, 4.69) is 17.6 Å². The minimum absolute atomic E-state index is 0.392. The first-order valence-corrected chi connectivity index (χ1v) is 10.1. The van der Waals surface area contributed by atoms with Gasteiger partial charge in [0.1, 0.15) is 0 Å². The zero-order valence-corrected chi connectivity index (χ0v) is 16.3. The molecule has 2 N–H and O–H groups in total. The highest BCUT2D eigenvalue weighted by atomic mass is 35.5. The predicted octanol–water partition coefficient (Wildman–Crippen LogP) is 5.88. The largest absolute Gasteiger partial charge is 0.359 e. The molecule has 0 aromatic heterocycles. The fourth-order valence-electron chi connectivity index (χ4n) is 5.81. The number of benzene rings is 1. The van der Waals surface area contributed by atoms with E-state index >= 15 is 0 Å². The summed E-state index contributed by atoms with van der Waals surface area (Å²) in [6.07, 6.45) is 8.50. The molecule has 130 valence electrons. The predicted molar refractivity (Wildman–Crippen MR) is 106 cm³/mol.